The number of primary amides is 1. The molecule has 1 aromatic rings. The molecule has 3 rings (SSSR count). The van der Waals surface area contributed by atoms with Crippen LogP contribution in [0.1, 0.15) is 54.1 Å². The molecule has 2 atom stereocenters. The van der Waals surface area contributed by atoms with Crippen LogP contribution in [0.4, 0.5) is 0 Å². The van der Waals surface area contributed by atoms with Crippen molar-refractivity contribution in [2.45, 2.75) is 45.4 Å². The second kappa shape index (κ2) is 7.38. The summed E-state index contributed by atoms with van der Waals surface area (Å²) in [6, 6.07) is 5.95. The lowest BCUT2D eigenvalue weighted by molar-refractivity contribution is -0.130. The minimum Gasteiger partial charge on any atom is -0.369 e. The minimum atomic E-state index is -0.354. The van der Waals surface area contributed by atoms with Crippen molar-refractivity contribution in [1.82, 2.24) is 4.90 Å². The quantitative estimate of drug-likeness (QED) is 0.832. The SMILES string of the molecule is C[C@@H]1CN(C(=O)CCC(=O)c2ccc3c(c2)CCCC3)C[C@H]1C(N)=O. The molecule has 1 aromatic carbocycles. The number of carbonyl (C=O) groups excluding carboxylic acids is 3. The van der Waals surface area contributed by atoms with E-state index < -0.39 is 0 Å². The smallest absolute Gasteiger partial charge is 0.223 e. The number of nitrogens with two attached hydrogens (primary N) is 1. The van der Waals surface area contributed by atoms with Crippen LogP contribution in [0.2, 0.25) is 0 Å². The van der Waals surface area contributed by atoms with Crippen LogP contribution in [0, 0.1) is 11.8 Å². The van der Waals surface area contributed by atoms with Gasteiger partial charge in [-0.25, -0.2) is 0 Å². The van der Waals surface area contributed by atoms with E-state index in [1.54, 1.807) is 4.90 Å². The molecule has 1 fully saturated rings. The lowest BCUT2D eigenvalue weighted by Gasteiger charge is -2.17. The zero-order valence-electron chi connectivity index (χ0n) is 14.8. The zero-order valence-corrected chi connectivity index (χ0v) is 14.8. The Balaban J connectivity index is 1.55. The molecule has 1 heterocycles. The number of amides is 2. The van der Waals surface area contributed by atoms with Crippen molar-refractivity contribution in [2.24, 2.45) is 17.6 Å². The standard InChI is InChI=1S/C20H26N2O3/c1-13-11-22(12-17(13)20(21)25)19(24)9-8-18(23)16-7-6-14-4-2-3-5-15(14)10-16/h6-7,10,13,17H,2-5,8-9,11-12H2,1H3,(H2,21,25)/t13-,17-/m1/s1. The third-order valence-corrected chi connectivity index (χ3v) is 5.57. The second-order valence-electron chi connectivity index (χ2n) is 7.40. The molecule has 2 aliphatic rings. The summed E-state index contributed by atoms with van der Waals surface area (Å²) in [4.78, 5) is 37.8. The molecule has 0 radical (unpaired) electrons. The maximum atomic E-state index is 12.4. The number of nitrogens with zero attached hydrogens (tertiary/aromatic N) is 1. The number of benzene rings is 1. The third-order valence-electron chi connectivity index (χ3n) is 5.57. The topological polar surface area (TPSA) is 80.5 Å². The fourth-order valence-electron chi connectivity index (χ4n) is 3.97. The Labute approximate surface area is 148 Å². The molecule has 5 nitrogen and oxygen atoms in total. The number of aryl methyl sites for hydroxylation is 2. The maximum Gasteiger partial charge on any atom is 0.223 e. The average Bonchev–Trinajstić information content (AvgIpc) is 3.01. The molecule has 0 bridgehead atoms. The number of carbonyl (C=O) groups is 3. The highest BCUT2D eigenvalue weighted by atomic mass is 16.2. The number of hydrogen-bond acceptors (Lipinski definition) is 3. The summed E-state index contributed by atoms with van der Waals surface area (Å²) in [5, 5.41) is 0. The number of rotatable bonds is 5. The molecule has 1 aliphatic carbocycles. The van der Waals surface area contributed by atoms with Crippen LogP contribution in [0.25, 0.3) is 0 Å². The first-order chi connectivity index (χ1) is 12.0. The molecule has 0 spiro atoms. The molecule has 0 aromatic heterocycles. The highest BCUT2D eigenvalue weighted by Crippen LogP contribution is 2.25. The fraction of sp³-hybridized carbons (Fsp3) is 0.550. The summed E-state index contributed by atoms with van der Waals surface area (Å²) in [5.41, 5.74) is 8.71. The van der Waals surface area contributed by atoms with E-state index in [1.165, 1.54) is 24.0 Å². The first-order valence-corrected chi connectivity index (χ1v) is 9.18. The van der Waals surface area contributed by atoms with Gasteiger partial charge in [-0.15, -0.1) is 0 Å². The van der Waals surface area contributed by atoms with E-state index in [4.69, 9.17) is 5.73 Å². The highest BCUT2D eigenvalue weighted by Gasteiger charge is 2.35. The van der Waals surface area contributed by atoms with Crippen LogP contribution in [0.3, 0.4) is 0 Å². The van der Waals surface area contributed by atoms with Gasteiger partial charge in [0, 0.05) is 31.5 Å². The summed E-state index contributed by atoms with van der Waals surface area (Å²) in [6.07, 6.45) is 4.93. The Morgan fingerprint density at radius 3 is 2.48 bits per heavy atom. The van der Waals surface area contributed by atoms with Crippen molar-refractivity contribution >= 4 is 17.6 Å². The predicted octanol–water partition coefficient (Wildman–Crippen LogP) is 2.11. The third kappa shape index (κ3) is 3.91. The predicted molar refractivity (Wildman–Crippen MR) is 95.1 cm³/mol. The van der Waals surface area contributed by atoms with E-state index in [0.29, 0.717) is 18.7 Å². The van der Waals surface area contributed by atoms with Crippen LogP contribution >= 0.6 is 0 Å². The minimum absolute atomic E-state index is 0.0143. The van der Waals surface area contributed by atoms with Crippen LogP contribution < -0.4 is 5.73 Å². The van der Waals surface area contributed by atoms with Gasteiger partial charge >= 0.3 is 0 Å². The molecule has 1 aliphatic heterocycles. The van der Waals surface area contributed by atoms with Crippen molar-refractivity contribution in [3.63, 3.8) is 0 Å². The van der Waals surface area contributed by atoms with E-state index in [-0.39, 0.29) is 42.3 Å². The first kappa shape index (κ1) is 17.6. The molecule has 1 saturated heterocycles. The molecule has 2 N–H and O–H groups in total. The second-order valence-corrected chi connectivity index (χ2v) is 7.40. The first-order valence-electron chi connectivity index (χ1n) is 9.18. The van der Waals surface area contributed by atoms with Crippen molar-refractivity contribution in [2.75, 3.05) is 13.1 Å². The van der Waals surface area contributed by atoms with E-state index in [1.807, 2.05) is 19.1 Å². The summed E-state index contributed by atoms with van der Waals surface area (Å²) >= 11 is 0. The fourth-order valence-corrected chi connectivity index (χ4v) is 3.97. The lowest BCUT2D eigenvalue weighted by Crippen LogP contribution is -2.32. The van der Waals surface area contributed by atoms with Gasteiger partial charge in [0.15, 0.2) is 5.78 Å². The number of fused-ring (bicyclic) bond motifs is 1. The van der Waals surface area contributed by atoms with Crippen molar-refractivity contribution in [3.05, 3.63) is 34.9 Å². The normalized spacial score (nSPS) is 22.5. The summed E-state index contributed by atoms with van der Waals surface area (Å²) < 4.78 is 0. The van der Waals surface area contributed by atoms with Crippen molar-refractivity contribution < 1.29 is 14.4 Å². The molecular weight excluding hydrogens is 316 g/mol. The van der Waals surface area contributed by atoms with Gasteiger partial charge < -0.3 is 10.6 Å². The van der Waals surface area contributed by atoms with E-state index in [0.717, 1.165) is 12.8 Å². The van der Waals surface area contributed by atoms with Gasteiger partial charge in [0.2, 0.25) is 11.8 Å². The van der Waals surface area contributed by atoms with E-state index in [2.05, 4.69) is 6.07 Å². The highest BCUT2D eigenvalue weighted by molar-refractivity contribution is 5.98. The van der Waals surface area contributed by atoms with Gasteiger partial charge in [-0.05, 0) is 48.8 Å². The van der Waals surface area contributed by atoms with E-state index >= 15 is 0 Å². The Kier molecular flexibility index (Phi) is 5.21. The van der Waals surface area contributed by atoms with Crippen LogP contribution in [-0.4, -0.2) is 35.6 Å². The van der Waals surface area contributed by atoms with Crippen molar-refractivity contribution in [1.29, 1.82) is 0 Å². The lowest BCUT2D eigenvalue weighted by atomic mass is 9.89. The number of likely N-dealkylation sites (tertiary alicyclic amines) is 1. The Morgan fingerprint density at radius 2 is 1.80 bits per heavy atom. The number of hydrogen-bond donors (Lipinski definition) is 1. The van der Waals surface area contributed by atoms with Crippen LogP contribution in [-0.2, 0) is 22.4 Å². The monoisotopic (exact) mass is 342 g/mol. The molecule has 5 heteroatoms. The van der Waals surface area contributed by atoms with Gasteiger partial charge in [-0.2, -0.15) is 0 Å². The summed E-state index contributed by atoms with van der Waals surface area (Å²) in [6.45, 7) is 2.85. The number of Topliss-reactive ketones (excluding diaryl/α,β-unsaturated/α-hetero) is 1. The molecule has 0 unspecified atom stereocenters. The summed E-state index contributed by atoms with van der Waals surface area (Å²) in [5.74, 6) is -0.603. The van der Waals surface area contributed by atoms with Crippen LogP contribution in [0.5, 0.6) is 0 Å². The average molecular weight is 342 g/mol. The van der Waals surface area contributed by atoms with Gasteiger partial charge in [0.1, 0.15) is 0 Å². The Bertz CT molecular complexity index is 698. The number of ketones is 1. The summed E-state index contributed by atoms with van der Waals surface area (Å²) in [7, 11) is 0. The molecule has 2 amide bonds. The molecule has 25 heavy (non-hydrogen) atoms. The molecule has 134 valence electrons. The van der Waals surface area contributed by atoms with Crippen molar-refractivity contribution in [3.8, 4) is 0 Å². The van der Waals surface area contributed by atoms with E-state index in [9.17, 15) is 14.4 Å². The van der Waals surface area contributed by atoms with Gasteiger partial charge in [-0.3, -0.25) is 14.4 Å². The maximum absolute atomic E-state index is 12.4. The Hall–Kier alpha value is -2.17. The largest absolute Gasteiger partial charge is 0.369 e. The molecular formula is C20H26N2O3. The van der Waals surface area contributed by atoms with Crippen LogP contribution in [0.15, 0.2) is 18.2 Å². The van der Waals surface area contributed by atoms with Gasteiger partial charge in [0.05, 0.1) is 5.92 Å². The van der Waals surface area contributed by atoms with Gasteiger partial charge in [0.25, 0.3) is 0 Å². The zero-order chi connectivity index (χ0) is 18.0. The molecule has 0 saturated carbocycles. The van der Waals surface area contributed by atoms with Gasteiger partial charge in [-0.1, -0.05) is 19.1 Å². The Morgan fingerprint density at radius 1 is 1.08 bits per heavy atom.